The predicted molar refractivity (Wildman–Crippen MR) is 103 cm³/mol. The van der Waals surface area contributed by atoms with Gasteiger partial charge >= 0.3 is 0 Å². The van der Waals surface area contributed by atoms with Crippen molar-refractivity contribution in [2.24, 2.45) is 0 Å². The highest BCUT2D eigenvalue weighted by Crippen LogP contribution is 2.21. The fourth-order valence-corrected chi connectivity index (χ4v) is 3.80. The second-order valence-corrected chi connectivity index (χ2v) is 7.21. The Hall–Kier alpha value is -1.96. The third-order valence-electron chi connectivity index (χ3n) is 5.12. The summed E-state index contributed by atoms with van der Waals surface area (Å²) in [4.78, 5) is 29.2. The Kier molecular flexibility index (Phi) is 7.20. The van der Waals surface area contributed by atoms with E-state index in [1.165, 1.54) is 5.56 Å². The molecule has 0 radical (unpaired) electrons. The third kappa shape index (κ3) is 5.76. The van der Waals surface area contributed by atoms with Gasteiger partial charge in [-0.3, -0.25) is 19.4 Å². The first-order valence-corrected chi connectivity index (χ1v) is 9.81. The number of likely N-dealkylation sites (N-methyl/N-ethyl adjacent to an activating group) is 1. The largest absolute Gasteiger partial charge is 0.379 e. The number of hydrogen-bond acceptors (Lipinski definition) is 5. The van der Waals surface area contributed by atoms with Gasteiger partial charge in [0.05, 0.1) is 25.8 Å². The smallest absolute Gasteiger partial charge is 0.237 e. The second-order valence-electron chi connectivity index (χ2n) is 7.21. The molecule has 27 heavy (non-hydrogen) atoms. The first kappa shape index (κ1) is 19.8. The topological polar surface area (TPSA) is 73.9 Å². The van der Waals surface area contributed by atoms with Gasteiger partial charge in [-0.1, -0.05) is 30.3 Å². The minimum Gasteiger partial charge on any atom is -0.379 e. The normalized spacial score (nSPS) is 23.9. The molecule has 0 spiro atoms. The van der Waals surface area contributed by atoms with Gasteiger partial charge in [0.15, 0.2) is 0 Å². The number of morpholine rings is 1. The second kappa shape index (κ2) is 9.82. The van der Waals surface area contributed by atoms with E-state index in [1.807, 2.05) is 25.1 Å². The van der Waals surface area contributed by atoms with Crippen molar-refractivity contribution in [1.29, 1.82) is 0 Å². The van der Waals surface area contributed by atoms with Gasteiger partial charge in [0.2, 0.25) is 11.8 Å². The van der Waals surface area contributed by atoms with Crippen molar-refractivity contribution in [2.75, 3.05) is 45.9 Å². The molecule has 1 aromatic rings. The number of benzene rings is 1. The molecule has 7 heteroatoms. The first-order valence-electron chi connectivity index (χ1n) is 9.81. The van der Waals surface area contributed by atoms with E-state index in [-0.39, 0.29) is 23.9 Å². The molecule has 2 N–H and O–H groups in total. The molecule has 7 nitrogen and oxygen atoms in total. The molecular weight excluding hydrogens is 344 g/mol. The summed E-state index contributed by atoms with van der Waals surface area (Å²) in [7, 11) is 0. The number of nitrogens with one attached hydrogen (secondary N) is 2. The van der Waals surface area contributed by atoms with Crippen LogP contribution in [0, 0.1) is 0 Å². The summed E-state index contributed by atoms with van der Waals surface area (Å²) in [5.74, 6) is 0.0662. The van der Waals surface area contributed by atoms with Crippen molar-refractivity contribution in [1.82, 2.24) is 20.4 Å². The van der Waals surface area contributed by atoms with Gasteiger partial charge in [-0.15, -0.1) is 0 Å². The van der Waals surface area contributed by atoms with E-state index in [0.717, 1.165) is 13.1 Å². The molecule has 2 amide bonds. The molecule has 0 saturated carbocycles. The van der Waals surface area contributed by atoms with Gasteiger partial charge in [0, 0.05) is 38.8 Å². The minimum atomic E-state index is -0.209. The molecule has 2 aliphatic heterocycles. The molecule has 1 aromatic carbocycles. The number of likely N-dealkylation sites (tertiary alicyclic amines) is 1. The molecule has 0 aliphatic carbocycles. The zero-order chi connectivity index (χ0) is 19.1. The Balaban J connectivity index is 1.57. The Labute approximate surface area is 161 Å². The number of ether oxygens (including phenoxy) is 1. The highest BCUT2D eigenvalue weighted by Gasteiger charge is 2.37. The molecule has 2 unspecified atom stereocenters. The summed E-state index contributed by atoms with van der Waals surface area (Å²) in [6.07, 6.45) is 0.646. The van der Waals surface area contributed by atoms with Gasteiger partial charge in [-0.05, 0) is 18.9 Å². The minimum absolute atomic E-state index is 0.00476. The lowest BCUT2D eigenvalue weighted by atomic mass is 10.1. The summed E-state index contributed by atoms with van der Waals surface area (Å²) >= 11 is 0. The molecule has 148 valence electrons. The van der Waals surface area contributed by atoms with Gasteiger partial charge < -0.3 is 15.4 Å². The lowest BCUT2D eigenvalue weighted by Gasteiger charge is -2.26. The van der Waals surface area contributed by atoms with Gasteiger partial charge in [0.25, 0.3) is 0 Å². The van der Waals surface area contributed by atoms with Crippen molar-refractivity contribution in [3.05, 3.63) is 35.9 Å². The van der Waals surface area contributed by atoms with Crippen molar-refractivity contribution in [3.63, 3.8) is 0 Å². The summed E-state index contributed by atoms with van der Waals surface area (Å²) in [6, 6.07) is 9.93. The summed E-state index contributed by atoms with van der Waals surface area (Å²) in [5.41, 5.74) is 1.17. The summed E-state index contributed by atoms with van der Waals surface area (Å²) in [6.45, 7) is 7.27. The molecule has 0 bridgehead atoms. The number of amides is 2. The van der Waals surface area contributed by atoms with Crippen molar-refractivity contribution < 1.29 is 14.3 Å². The number of carbonyl (C=O) groups excluding carboxylic acids is 2. The number of nitrogens with zero attached hydrogens (tertiary/aromatic N) is 2. The quantitative estimate of drug-likeness (QED) is 0.714. The average Bonchev–Trinajstić information content (AvgIpc) is 3.05. The van der Waals surface area contributed by atoms with E-state index in [2.05, 4.69) is 32.6 Å². The average molecular weight is 374 g/mol. The van der Waals surface area contributed by atoms with Crippen LogP contribution in [-0.2, 0) is 20.9 Å². The van der Waals surface area contributed by atoms with E-state index in [1.54, 1.807) is 0 Å². The number of carbonyl (C=O) groups is 2. The standard InChI is InChI=1S/C20H30N4O3/c1-2-21-20(26)18-12-17(14-24(18)13-16-6-4-3-5-7-16)22-19(25)15-23-8-10-27-11-9-23/h3-7,17-18H,2,8-15H2,1H3,(H,21,26)(H,22,25). The Morgan fingerprint density at radius 2 is 1.93 bits per heavy atom. The lowest BCUT2D eigenvalue weighted by Crippen LogP contribution is -2.46. The lowest BCUT2D eigenvalue weighted by molar-refractivity contribution is -0.126. The van der Waals surface area contributed by atoms with Crippen molar-refractivity contribution >= 4 is 11.8 Å². The first-order chi connectivity index (χ1) is 13.2. The van der Waals surface area contributed by atoms with Gasteiger partial charge in [-0.2, -0.15) is 0 Å². The molecule has 0 aromatic heterocycles. The van der Waals surface area contributed by atoms with Crippen LogP contribution >= 0.6 is 0 Å². The van der Waals surface area contributed by atoms with Crippen LogP contribution < -0.4 is 10.6 Å². The SMILES string of the molecule is CCNC(=O)C1CC(NC(=O)CN2CCOCC2)CN1Cc1ccccc1. The van der Waals surface area contributed by atoms with Crippen LogP contribution in [0.4, 0.5) is 0 Å². The predicted octanol–water partition coefficient (Wildman–Crippen LogP) is 0.214. The maximum absolute atomic E-state index is 12.5. The van der Waals surface area contributed by atoms with Gasteiger partial charge in [0.1, 0.15) is 0 Å². The maximum atomic E-state index is 12.5. The fourth-order valence-electron chi connectivity index (χ4n) is 3.80. The molecule has 2 atom stereocenters. The van der Waals surface area contributed by atoms with Crippen LogP contribution in [0.15, 0.2) is 30.3 Å². The fraction of sp³-hybridized carbons (Fsp3) is 0.600. The monoisotopic (exact) mass is 374 g/mol. The molecule has 2 heterocycles. The van der Waals surface area contributed by atoms with E-state index >= 15 is 0 Å². The van der Waals surface area contributed by atoms with Crippen molar-refractivity contribution in [2.45, 2.75) is 32.0 Å². The van der Waals surface area contributed by atoms with Crippen LogP contribution in [0.3, 0.4) is 0 Å². The van der Waals surface area contributed by atoms with Gasteiger partial charge in [-0.25, -0.2) is 0 Å². The zero-order valence-corrected chi connectivity index (χ0v) is 16.0. The molecular formula is C20H30N4O3. The van der Waals surface area contributed by atoms with Crippen LogP contribution in [-0.4, -0.2) is 79.6 Å². The van der Waals surface area contributed by atoms with E-state index in [0.29, 0.717) is 45.8 Å². The zero-order valence-electron chi connectivity index (χ0n) is 16.0. The van der Waals surface area contributed by atoms with E-state index < -0.39 is 0 Å². The molecule has 3 rings (SSSR count). The number of rotatable bonds is 7. The Bertz CT molecular complexity index is 619. The highest BCUT2D eigenvalue weighted by atomic mass is 16.5. The number of hydrogen-bond donors (Lipinski definition) is 2. The molecule has 2 saturated heterocycles. The van der Waals surface area contributed by atoms with Crippen LogP contribution in [0.25, 0.3) is 0 Å². The van der Waals surface area contributed by atoms with Crippen molar-refractivity contribution in [3.8, 4) is 0 Å². The van der Waals surface area contributed by atoms with Crippen LogP contribution in [0.5, 0.6) is 0 Å². The van der Waals surface area contributed by atoms with Crippen LogP contribution in [0.2, 0.25) is 0 Å². The summed E-state index contributed by atoms with van der Waals surface area (Å²) < 4.78 is 5.32. The highest BCUT2D eigenvalue weighted by molar-refractivity contribution is 5.83. The Morgan fingerprint density at radius 1 is 1.19 bits per heavy atom. The molecule has 2 fully saturated rings. The third-order valence-corrected chi connectivity index (χ3v) is 5.12. The molecule has 2 aliphatic rings. The maximum Gasteiger partial charge on any atom is 0.237 e. The summed E-state index contributed by atoms with van der Waals surface area (Å²) in [5, 5.41) is 6.05. The van der Waals surface area contributed by atoms with E-state index in [4.69, 9.17) is 4.74 Å². The van der Waals surface area contributed by atoms with Crippen LogP contribution in [0.1, 0.15) is 18.9 Å². The van der Waals surface area contributed by atoms with E-state index in [9.17, 15) is 9.59 Å². The Morgan fingerprint density at radius 3 is 2.63 bits per heavy atom.